The summed E-state index contributed by atoms with van der Waals surface area (Å²) in [6.07, 6.45) is 1.52. The van der Waals surface area contributed by atoms with Crippen LogP contribution in [0, 0.1) is 10.5 Å². The Morgan fingerprint density at radius 3 is 2.48 bits per heavy atom. The number of nitrogens with one attached hydrogen (secondary N) is 1. The standard InChI is InChI=1S/C24H22ClIN2O3/c1-3-30-22-13-18(14-27-28-24(29)19-8-10-20(26)11-9-19)12-21(25)23(22)31-15-17-6-4-16(2)5-7-17/h4-14H,3,15H2,1-2H3,(H,28,29)/b27-14-. The summed E-state index contributed by atoms with van der Waals surface area (Å²) in [6.45, 7) is 4.76. The monoisotopic (exact) mass is 548 g/mol. The zero-order valence-corrected chi connectivity index (χ0v) is 20.1. The normalized spacial score (nSPS) is 10.8. The maximum atomic E-state index is 12.2. The Balaban J connectivity index is 1.71. The molecule has 0 saturated carbocycles. The quantitative estimate of drug-likeness (QED) is 0.214. The summed E-state index contributed by atoms with van der Waals surface area (Å²) in [5.74, 6) is 0.707. The van der Waals surface area contributed by atoms with Gasteiger partial charge >= 0.3 is 0 Å². The van der Waals surface area contributed by atoms with E-state index in [0.29, 0.717) is 40.9 Å². The van der Waals surface area contributed by atoms with Gasteiger partial charge in [0, 0.05) is 9.13 Å². The number of benzene rings is 3. The van der Waals surface area contributed by atoms with E-state index in [-0.39, 0.29) is 5.91 Å². The largest absolute Gasteiger partial charge is 0.490 e. The molecule has 0 spiro atoms. The molecule has 160 valence electrons. The molecule has 0 atom stereocenters. The van der Waals surface area contributed by atoms with Crippen LogP contribution in [0.25, 0.3) is 0 Å². The molecule has 3 aromatic rings. The molecule has 0 aromatic heterocycles. The number of ether oxygens (including phenoxy) is 2. The van der Waals surface area contributed by atoms with E-state index >= 15 is 0 Å². The highest BCUT2D eigenvalue weighted by atomic mass is 127. The van der Waals surface area contributed by atoms with Crippen LogP contribution in [0.1, 0.15) is 34.0 Å². The lowest BCUT2D eigenvalue weighted by Crippen LogP contribution is -2.17. The summed E-state index contributed by atoms with van der Waals surface area (Å²) < 4.78 is 12.7. The zero-order chi connectivity index (χ0) is 22.2. The van der Waals surface area contributed by atoms with E-state index in [1.165, 1.54) is 11.8 Å². The van der Waals surface area contributed by atoms with Crippen molar-refractivity contribution in [2.24, 2.45) is 5.10 Å². The van der Waals surface area contributed by atoms with E-state index in [0.717, 1.165) is 9.13 Å². The van der Waals surface area contributed by atoms with E-state index in [1.807, 2.05) is 50.2 Å². The minimum atomic E-state index is -0.290. The molecule has 1 amide bonds. The Labute approximate surface area is 200 Å². The Morgan fingerprint density at radius 1 is 1.10 bits per heavy atom. The van der Waals surface area contributed by atoms with E-state index in [2.05, 4.69) is 33.1 Å². The molecular formula is C24H22ClIN2O3. The minimum Gasteiger partial charge on any atom is -0.490 e. The van der Waals surface area contributed by atoms with E-state index < -0.39 is 0 Å². The van der Waals surface area contributed by atoms with Crippen LogP contribution in [0.15, 0.2) is 65.8 Å². The lowest BCUT2D eigenvalue weighted by Gasteiger charge is -2.14. The highest BCUT2D eigenvalue weighted by molar-refractivity contribution is 14.1. The molecule has 0 unspecified atom stereocenters. The average Bonchev–Trinajstić information content (AvgIpc) is 2.75. The molecule has 0 radical (unpaired) electrons. The molecule has 3 rings (SSSR count). The zero-order valence-electron chi connectivity index (χ0n) is 17.2. The van der Waals surface area contributed by atoms with Crippen LogP contribution >= 0.6 is 34.2 Å². The van der Waals surface area contributed by atoms with E-state index in [4.69, 9.17) is 21.1 Å². The predicted molar refractivity (Wildman–Crippen MR) is 132 cm³/mol. The van der Waals surface area contributed by atoms with E-state index in [1.54, 1.807) is 24.3 Å². The average molecular weight is 549 g/mol. The molecule has 0 fully saturated rings. The van der Waals surface area contributed by atoms with Gasteiger partial charge in [0.05, 0.1) is 17.8 Å². The SMILES string of the molecule is CCOc1cc(/C=N\NC(=O)c2ccc(I)cc2)cc(Cl)c1OCc1ccc(C)cc1. The molecule has 0 aliphatic heterocycles. The van der Waals surface area contributed by atoms with Crippen molar-refractivity contribution >= 4 is 46.3 Å². The maximum absolute atomic E-state index is 12.2. The number of halogens is 2. The van der Waals surface area contributed by atoms with Crippen LogP contribution in [0.4, 0.5) is 0 Å². The number of rotatable bonds is 8. The first-order chi connectivity index (χ1) is 15.0. The number of carbonyl (C=O) groups excluding carboxylic acids is 1. The van der Waals surface area contributed by atoms with Crippen molar-refractivity contribution < 1.29 is 14.3 Å². The number of nitrogens with zero attached hydrogens (tertiary/aromatic N) is 1. The summed E-state index contributed by atoms with van der Waals surface area (Å²) in [4.78, 5) is 12.2. The van der Waals surface area contributed by atoms with Crippen molar-refractivity contribution in [1.82, 2.24) is 5.43 Å². The van der Waals surface area contributed by atoms with Gasteiger partial charge in [-0.3, -0.25) is 4.79 Å². The van der Waals surface area contributed by atoms with Gasteiger partial charge in [0.25, 0.3) is 5.91 Å². The highest BCUT2D eigenvalue weighted by Crippen LogP contribution is 2.37. The molecule has 31 heavy (non-hydrogen) atoms. The number of hydrogen-bond acceptors (Lipinski definition) is 4. The maximum Gasteiger partial charge on any atom is 0.271 e. The number of aryl methyl sites for hydroxylation is 1. The summed E-state index contributed by atoms with van der Waals surface area (Å²) in [6, 6.07) is 18.8. The fourth-order valence-corrected chi connectivity index (χ4v) is 3.37. The first-order valence-electron chi connectivity index (χ1n) is 9.70. The third-order valence-corrected chi connectivity index (χ3v) is 5.32. The van der Waals surface area contributed by atoms with Gasteiger partial charge in [-0.2, -0.15) is 5.10 Å². The van der Waals surface area contributed by atoms with E-state index in [9.17, 15) is 4.79 Å². The van der Waals surface area contributed by atoms with Crippen LogP contribution in [0.5, 0.6) is 11.5 Å². The van der Waals surface area contributed by atoms with Gasteiger partial charge in [-0.15, -0.1) is 0 Å². The number of amides is 1. The molecule has 1 N–H and O–H groups in total. The van der Waals surface area contributed by atoms with Gasteiger partial charge in [-0.05, 0) is 84.0 Å². The Morgan fingerprint density at radius 2 is 1.81 bits per heavy atom. The summed E-state index contributed by atoms with van der Waals surface area (Å²) in [7, 11) is 0. The lowest BCUT2D eigenvalue weighted by atomic mass is 10.1. The number of carbonyl (C=O) groups is 1. The van der Waals surface area contributed by atoms with Crippen LogP contribution in [0.2, 0.25) is 5.02 Å². The second-order valence-corrected chi connectivity index (χ2v) is 8.40. The molecule has 7 heteroatoms. The minimum absolute atomic E-state index is 0.290. The molecule has 0 heterocycles. The van der Waals surface area contributed by atoms with Gasteiger partial charge < -0.3 is 9.47 Å². The van der Waals surface area contributed by atoms with Gasteiger partial charge in [0.15, 0.2) is 11.5 Å². The smallest absolute Gasteiger partial charge is 0.271 e. The fraction of sp³-hybridized carbons (Fsp3) is 0.167. The van der Waals surface area contributed by atoms with Crippen molar-refractivity contribution in [1.29, 1.82) is 0 Å². The van der Waals surface area contributed by atoms with Crippen molar-refractivity contribution in [3.05, 3.63) is 91.5 Å². The number of hydrogen-bond donors (Lipinski definition) is 1. The Hall–Kier alpha value is -2.58. The van der Waals surface area contributed by atoms with Gasteiger partial charge in [0.2, 0.25) is 0 Å². The third kappa shape index (κ3) is 6.70. The Bertz CT molecular complexity index is 1070. The molecular weight excluding hydrogens is 527 g/mol. The van der Waals surface area contributed by atoms with Crippen molar-refractivity contribution in [3.63, 3.8) is 0 Å². The lowest BCUT2D eigenvalue weighted by molar-refractivity contribution is 0.0955. The first kappa shape index (κ1) is 23.1. The third-order valence-electron chi connectivity index (χ3n) is 4.32. The summed E-state index contributed by atoms with van der Waals surface area (Å²) in [5, 5.41) is 4.44. The topological polar surface area (TPSA) is 59.9 Å². The molecule has 5 nitrogen and oxygen atoms in total. The van der Waals surface area contributed by atoms with Crippen molar-refractivity contribution in [2.75, 3.05) is 6.61 Å². The van der Waals surface area contributed by atoms with Crippen LogP contribution in [-0.4, -0.2) is 18.7 Å². The van der Waals surface area contributed by atoms with Crippen LogP contribution < -0.4 is 14.9 Å². The Kier molecular flexibility index (Phi) is 8.31. The first-order valence-corrected chi connectivity index (χ1v) is 11.2. The summed E-state index contributed by atoms with van der Waals surface area (Å²) in [5.41, 5.74) is 5.95. The van der Waals surface area contributed by atoms with Crippen molar-refractivity contribution in [3.8, 4) is 11.5 Å². The van der Waals surface area contributed by atoms with Gasteiger partial charge in [-0.25, -0.2) is 5.43 Å². The summed E-state index contributed by atoms with van der Waals surface area (Å²) >= 11 is 8.65. The molecule has 0 aliphatic carbocycles. The van der Waals surface area contributed by atoms with Crippen LogP contribution in [0.3, 0.4) is 0 Å². The second kappa shape index (κ2) is 11.2. The fourth-order valence-electron chi connectivity index (χ4n) is 2.74. The molecule has 3 aromatic carbocycles. The van der Waals surface area contributed by atoms with Crippen LogP contribution in [-0.2, 0) is 6.61 Å². The van der Waals surface area contributed by atoms with Crippen molar-refractivity contribution in [2.45, 2.75) is 20.5 Å². The van der Waals surface area contributed by atoms with Gasteiger partial charge in [0.1, 0.15) is 6.61 Å². The molecule has 0 saturated heterocycles. The van der Waals surface area contributed by atoms with Gasteiger partial charge in [-0.1, -0.05) is 41.4 Å². The molecule has 0 aliphatic rings. The highest BCUT2D eigenvalue weighted by Gasteiger charge is 2.13. The second-order valence-electron chi connectivity index (χ2n) is 6.74. The molecule has 0 bridgehead atoms. The predicted octanol–water partition coefficient (Wildman–Crippen LogP) is 5.99. The number of hydrazone groups is 1.